The number of hydrogen-bond donors (Lipinski definition) is 1. The zero-order valence-electron chi connectivity index (χ0n) is 12.0. The molecular weight excluding hydrogens is 234 g/mol. The highest BCUT2D eigenvalue weighted by Crippen LogP contribution is 2.36. The third-order valence-electron chi connectivity index (χ3n) is 3.85. The van der Waals surface area contributed by atoms with Gasteiger partial charge in [-0.1, -0.05) is 33.1 Å². The lowest BCUT2D eigenvalue weighted by molar-refractivity contribution is 0.0591. The van der Waals surface area contributed by atoms with E-state index < -0.39 is 6.43 Å². The van der Waals surface area contributed by atoms with Gasteiger partial charge in [0.2, 0.25) is 0 Å². The number of hydrogen-bond acceptors (Lipinski definition) is 2. The van der Waals surface area contributed by atoms with Crippen molar-refractivity contribution in [3.63, 3.8) is 0 Å². The Morgan fingerprint density at radius 3 is 2.28 bits per heavy atom. The summed E-state index contributed by atoms with van der Waals surface area (Å²) in [7, 11) is 1.82. The highest BCUT2D eigenvalue weighted by Gasteiger charge is 2.33. The highest BCUT2D eigenvalue weighted by molar-refractivity contribution is 4.88. The molecule has 0 heterocycles. The Balaban J connectivity index is 2.53. The third-order valence-corrected chi connectivity index (χ3v) is 3.85. The average molecular weight is 262 g/mol. The summed E-state index contributed by atoms with van der Waals surface area (Å²) < 4.78 is 24.8. The summed E-state index contributed by atoms with van der Waals surface area (Å²) in [5, 5.41) is 3.50. The smallest absolute Gasteiger partial charge is 0.251 e. The first-order valence-electron chi connectivity index (χ1n) is 7.14. The second-order valence-electron chi connectivity index (χ2n) is 6.18. The number of nitrogens with one attached hydrogen (secondary N) is 1. The fourth-order valence-corrected chi connectivity index (χ4v) is 2.99. The molecule has 1 aliphatic rings. The van der Waals surface area contributed by atoms with Crippen LogP contribution >= 0.6 is 0 Å². The van der Waals surface area contributed by atoms with Crippen molar-refractivity contribution in [2.24, 2.45) is 5.41 Å². The van der Waals surface area contributed by atoms with Crippen LogP contribution in [0, 0.1) is 5.41 Å². The summed E-state index contributed by atoms with van der Waals surface area (Å²) in [4.78, 5) is 1.80. The number of nitrogens with zero attached hydrogens (tertiary/aromatic N) is 1. The van der Waals surface area contributed by atoms with Crippen LogP contribution in [0.3, 0.4) is 0 Å². The minimum atomic E-state index is -2.23. The molecule has 1 aliphatic carbocycles. The Kier molecular flexibility index (Phi) is 6.50. The molecule has 0 bridgehead atoms. The summed E-state index contributed by atoms with van der Waals surface area (Å²) in [5.74, 6) is 0. The maximum atomic E-state index is 12.4. The minimum absolute atomic E-state index is 0.108. The van der Waals surface area contributed by atoms with Crippen molar-refractivity contribution in [3.8, 4) is 0 Å². The minimum Gasteiger partial charge on any atom is -0.314 e. The summed E-state index contributed by atoms with van der Waals surface area (Å²) in [6, 6.07) is 0.462. The van der Waals surface area contributed by atoms with Crippen LogP contribution < -0.4 is 5.32 Å². The first-order chi connectivity index (χ1) is 8.43. The van der Waals surface area contributed by atoms with Crippen molar-refractivity contribution < 1.29 is 8.78 Å². The fraction of sp³-hybridized carbons (Fsp3) is 1.00. The van der Waals surface area contributed by atoms with E-state index in [-0.39, 0.29) is 12.0 Å². The molecule has 0 spiro atoms. The molecule has 18 heavy (non-hydrogen) atoms. The molecule has 0 radical (unpaired) electrons. The van der Waals surface area contributed by atoms with E-state index in [1.807, 2.05) is 7.05 Å². The van der Waals surface area contributed by atoms with E-state index in [0.29, 0.717) is 6.04 Å². The van der Waals surface area contributed by atoms with Crippen LogP contribution in [0.2, 0.25) is 0 Å². The maximum absolute atomic E-state index is 12.4. The van der Waals surface area contributed by atoms with E-state index in [9.17, 15) is 8.78 Å². The van der Waals surface area contributed by atoms with E-state index in [4.69, 9.17) is 0 Å². The van der Waals surface area contributed by atoms with Crippen LogP contribution in [-0.2, 0) is 0 Å². The average Bonchev–Trinajstić information content (AvgIpc) is 2.26. The van der Waals surface area contributed by atoms with Crippen molar-refractivity contribution in [2.75, 3.05) is 26.7 Å². The molecule has 0 aromatic rings. The van der Waals surface area contributed by atoms with E-state index >= 15 is 0 Å². The van der Waals surface area contributed by atoms with Gasteiger partial charge in [0.25, 0.3) is 6.43 Å². The molecule has 0 aromatic carbocycles. The van der Waals surface area contributed by atoms with Gasteiger partial charge in [-0.25, -0.2) is 8.78 Å². The Morgan fingerprint density at radius 1 is 1.17 bits per heavy atom. The monoisotopic (exact) mass is 262 g/mol. The van der Waals surface area contributed by atoms with Gasteiger partial charge in [0.05, 0.1) is 6.54 Å². The second kappa shape index (κ2) is 7.39. The number of alkyl halides is 2. The molecule has 0 aromatic heterocycles. The van der Waals surface area contributed by atoms with Crippen LogP contribution in [0.4, 0.5) is 8.78 Å². The molecular formula is C14H28F2N2. The molecule has 0 unspecified atom stereocenters. The van der Waals surface area contributed by atoms with Gasteiger partial charge in [0.15, 0.2) is 0 Å². The molecule has 0 saturated heterocycles. The molecule has 108 valence electrons. The Bertz CT molecular complexity index is 226. The van der Waals surface area contributed by atoms with Gasteiger partial charge in [-0.05, 0) is 25.3 Å². The Hall–Kier alpha value is -0.220. The lowest BCUT2D eigenvalue weighted by atomic mass is 9.73. The SMILES string of the molecule is CC(C)NCC1(CN(C)CC(F)F)CCCCC1. The maximum Gasteiger partial charge on any atom is 0.251 e. The topological polar surface area (TPSA) is 15.3 Å². The first kappa shape index (κ1) is 15.8. The zero-order valence-corrected chi connectivity index (χ0v) is 12.0. The normalized spacial score (nSPS) is 20.0. The van der Waals surface area contributed by atoms with Gasteiger partial charge in [0.1, 0.15) is 0 Å². The van der Waals surface area contributed by atoms with E-state index in [1.165, 1.54) is 32.1 Å². The lowest BCUT2D eigenvalue weighted by Crippen LogP contribution is -2.46. The third kappa shape index (κ3) is 5.61. The Morgan fingerprint density at radius 2 is 1.78 bits per heavy atom. The van der Waals surface area contributed by atoms with E-state index in [2.05, 4.69) is 19.2 Å². The summed E-state index contributed by atoms with van der Waals surface area (Å²) in [6.45, 7) is 5.91. The lowest BCUT2D eigenvalue weighted by Gasteiger charge is -2.41. The fourth-order valence-electron chi connectivity index (χ4n) is 2.99. The van der Waals surface area contributed by atoms with E-state index in [0.717, 1.165) is 13.1 Å². The van der Waals surface area contributed by atoms with Crippen molar-refractivity contribution in [1.82, 2.24) is 10.2 Å². The molecule has 1 N–H and O–H groups in total. The van der Waals surface area contributed by atoms with Crippen molar-refractivity contribution in [1.29, 1.82) is 0 Å². The molecule has 4 heteroatoms. The number of rotatable bonds is 7. The Labute approximate surface area is 110 Å². The summed E-state index contributed by atoms with van der Waals surface area (Å²) >= 11 is 0. The standard InChI is InChI=1S/C14H28F2N2/c1-12(2)17-10-14(7-5-4-6-8-14)11-18(3)9-13(15)16/h12-13,17H,4-11H2,1-3H3. The van der Waals surface area contributed by atoms with Gasteiger partial charge in [-0.3, -0.25) is 0 Å². The largest absolute Gasteiger partial charge is 0.314 e. The molecule has 1 fully saturated rings. The van der Waals surface area contributed by atoms with Gasteiger partial charge >= 0.3 is 0 Å². The van der Waals surface area contributed by atoms with Crippen LogP contribution in [0.1, 0.15) is 46.0 Å². The summed E-state index contributed by atoms with van der Waals surface area (Å²) in [6.07, 6.45) is 3.88. The number of halogens is 2. The van der Waals surface area contributed by atoms with Crippen molar-refractivity contribution in [3.05, 3.63) is 0 Å². The van der Waals surface area contributed by atoms with Gasteiger partial charge in [-0.2, -0.15) is 0 Å². The van der Waals surface area contributed by atoms with Crippen molar-refractivity contribution in [2.45, 2.75) is 58.4 Å². The molecule has 2 nitrogen and oxygen atoms in total. The van der Waals surface area contributed by atoms with Gasteiger partial charge in [-0.15, -0.1) is 0 Å². The molecule has 0 aliphatic heterocycles. The quantitative estimate of drug-likeness (QED) is 0.758. The summed E-state index contributed by atoms with van der Waals surface area (Å²) in [5.41, 5.74) is 0.201. The van der Waals surface area contributed by atoms with Crippen LogP contribution in [0.25, 0.3) is 0 Å². The predicted molar refractivity (Wildman–Crippen MR) is 72.2 cm³/mol. The zero-order chi connectivity index (χ0) is 13.6. The highest BCUT2D eigenvalue weighted by atomic mass is 19.3. The van der Waals surface area contributed by atoms with Crippen LogP contribution in [0.15, 0.2) is 0 Å². The second-order valence-corrected chi connectivity index (χ2v) is 6.18. The molecule has 1 saturated carbocycles. The van der Waals surface area contributed by atoms with Gasteiger partial charge in [0, 0.05) is 19.1 Å². The van der Waals surface area contributed by atoms with Crippen LogP contribution in [-0.4, -0.2) is 44.0 Å². The molecule has 0 amide bonds. The van der Waals surface area contributed by atoms with Gasteiger partial charge < -0.3 is 10.2 Å². The van der Waals surface area contributed by atoms with Crippen molar-refractivity contribution >= 4 is 0 Å². The van der Waals surface area contributed by atoms with Crippen LogP contribution in [0.5, 0.6) is 0 Å². The molecule has 0 atom stereocenters. The van der Waals surface area contributed by atoms with E-state index in [1.54, 1.807) is 4.90 Å². The predicted octanol–water partition coefficient (Wildman–Crippen LogP) is 3.13. The first-order valence-corrected chi connectivity index (χ1v) is 7.14. The molecule has 1 rings (SSSR count).